The number of halogens is 3. The third kappa shape index (κ3) is 1.89. The molecule has 7 heteroatoms. The molecular formula is C7H7F3N2OS. The average molecular weight is 224 g/mol. The Balaban J connectivity index is 2.17. The highest BCUT2D eigenvalue weighted by Gasteiger charge is 2.34. The fraction of sp³-hybridized carbons (Fsp3) is 0.571. The van der Waals surface area contributed by atoms with E-state index < -0.39 is 11.9 Å². The van der Waals surface area contributed by atoms with Gasteiger partial charge in [0, 0.05) is 5.38 Å². The van der Waals surface area contributed by atoms with Crippen LogP contribution in [0.3, 0.4) is 0 Å². The largest absolute Gasteiger partial charge is 0.434 e. The second kappa shape index (κ2) is 3.48. The molecule has 2 rings (SSSR count). The highest BCUT2D eigenvalue weighted by Crippen LogP contribution is 2.33. The lowest BCUT2D eigenvalue weighted by atomic mass is 10.2. The Morgan fingerprint density at radius 1 is 1.57 bits per heavy atom. The SMILES string of the molecule is FC(F)(F)c1csc([C@@H]2CCON2)n1. The summed E-state index contributed by atoms with van der Waals surface area (Å²) in [5.74, 6) is 0. The summed E-state index contributed by atoms with van der Waals surface area (Å²) < 4.78 is 36.5. The van der Waals surface area contributed by atoms with Gasteiger partial charge >= 0.3 is 6.18 Å². The molecule has 1 aromatic heterocycles. The van der Waals surface area contributed by atoms with Crippen LogP contribution in [0.2, 0.25) is 0 Å². The molecular weight excluding hydrogens is 217 g/mol. The number of nitrogens with one attached hydrogen (secondary N) is 1. The molecule has 78 valence electrons. The van der Waals surface area contributed by atoms with E-state index in [1.54, 1.807) is 0 Å². The van der Waals surface area contributed by atoms with Crippen LogP contribution < -0.4 is 5.48 Å². The van der Waals surface area contributed by atoms with Crippen molar-refractivity contribution in [3.63, 3.8) is 0 Å². The number of hydroxylamine groups is 1. The molecule has 0 saturated carbocycles. The van der Waals surface area contributed by atoms with E-state index in [2.05, 4.69) is 10.5 Å². The third-order valence-corrected chi connectivity index (χ3v) is 2.80. The van der Waals surface area contributed by atoms with Gasteiger partial charge in [0.15, 0.2) is 5.69 Å². The Kier molecular flexibility index (Phi) is 2.46. The van der Waals surface area contributed by atoms with Gasteiger partial charge in [-0.05, 0) is 6.42 Å². The van der Waals surface area contributed by atoms with Gasteiger partial charge in [-0.25, -0.2) is 4.98 Å². The number of nitrogens with zero attached hydrogens (tertiary/aromatic N) is 1. The minimum Gasteiger partial charge on any atom is -0.301 e. The summed E-state index contributed by atoms with van der Waals surface area (Å²) in [5.41, 5.74) is 1.79. The Morgan fingerprint density at radius 2 is 2.36 bits per heavy atom. The first-order valence-corrected chi connectivity index (χ1v) is 4.85. The van der Waals surface area contributed by atoms with E-state index >= 15 is 0 Å². The smallest absolute Gasteiger partial charge is 0.301 e. The Hall–Kier alpha value is -0.660. The van der Waals surface area contributed by atoms with Crippen LogP contribution in [-0.2, 0) is 11.0 Å². The molecule has 1 aromatic rings. The van der Waals surface area contributed by atoms with Crippen molar-refractivity contribution >= 4 is 11.3 Å². The van der Waals surface area contributed by atoms with Crippen molar-refractivity contribution in [1.82, 2.24) is 10.5 Å². The highest BCUT2D eigenvalue weighted by atomic mass is 32.1. The van der Waals surface area contributed by atoms with Crippen LogP contribution in [0.15, 0.2) is 5.38 Å². The van der Waals surface area contributed by atoms with Crippen molar-refractivity contribution in [1.29, 1.82) is 0 Å². The first kappa shape index (κ1) is 9.88. The summed E-state index contributed by atoms with van der Waals surface area (Å²) in [6.45, 7) is 0.506. The predicted octanol–water partition coefficient (Wildman–Crippen LogP) is 2.13. The maximum absolute atomic E-state index is 12.2. The van der Waals surface area contributed by atoms with E-state index in [9.17, 15) is 13.2 Å². The zero-order chi connectivity index (χ0) is 10.2. The molecule has 2 heterocycles. The lowest BCUT2D eigenvalue weighted by Gasteiger charge is -2.03. The maximum atomic E-state index is 12.2. The van der Waals surface area contributed by atoms with Crippen LogP contribution in [0.25, 0.3) is 0 Å². The second-order valence-electron chi connectivity index (χ2n) is 2.88. The van der Waals surface area contributed by atoms with Gasteiger partial charge in [0.1, 0.15) is 5.01 Å². The Morgan fingerprint density at radius 3 is 2.86 bits per heavy atom. The minimum atomic E-state index is -4.35. The van der Waals surface area contributed by atoms with E-state index in [0.29, 0.717) is 18.0 Å². The number of aromatic nitrogens is 1. The standard InChI is InChI=1S/C7H7F3N2OS/c8-7(9,10)5-3-14-6(11-5)4-1-2-13-12-4/h3-4,12H,1-2H2/t4-/m0/s1. The van der Waals surface area contributed by atoms with Crippen molar-refractivity contribution < 1.29 is 18.0 Å². The van der Waals surface area contributed by atoms with E-state index in [1.165, 1.54) is 0 Å². The lowest BCUT2D eigenvalue weighted by molar-refractivity contribution is -0.140. The van der Waals surface area contributed by atoms with Crippen molar-refractivity contribution in [2.24, 2.45) is 0 Å². The minimum absolute atomic E-state index is 0.198. The van der Waals surface area contributed by atoms with E-state index in [1.807, 2.05) is 0 Å². The average Bonchev–Trinajstić information content (AvgIpc) is 2.73. The molecule has 1 aliphatic rings. The van der Waals surface area contributed by atoms with Crippen LogP contribution in [0, 0.1) is 0 Å². The van der Waals surface area contributed by atoms with Crippen LogP contribution in [-0.4, -0.2) is 11.6 Å². The third-order valence-electron chi connectivity index (χ3n) is 1.84. The van der Waals surface area contributed by atoms with Gasteiger partial charge in [-0.1, -0.05) is 0 Å². The molecule has 1 fully saturated rings. The van der Waals surface area contributed by atoms with E-state index in [4.69, 9.17) is 4.84 Å². The van der Waals surface area contributed by atoms with Crippen molar-refractivity contribution in [3.05, 3.63) is 16.1 Å². The molecule has 1 aliphatic heterocycles. The topological polar surface area (TPSA) is 34.1 Å². The zero-order valence-electron chi connectivity index (χ0n) is 6.97. The molecule has 1 N–H and O–H groups in total. The summed E-state index contributed by atoms with van der Waals surface area (Å²) in [4.78, 5) is 8.36. The van der Waals surface area contributed by atoms with Crippen LogP contribution in [0.1, 0.15) is 23.2 Å². The molecule has 3 nitrogen and oxygen atoms in total. The summed E-state index contributed by atoms with van der Waals surface area (Å²) >= 11 is 1.00. The van der Waals surface area contributed by atoms with Gasteiger partial charge in [-0.2, -0.15) is 18.7 Å². The van der Waals surface area contributed by atoms with Crippen molar-refractivity contribution in [2.45, 2.75) is 18.6 Å². The lowest BCUT2D eigenvalue weighted by Crippen LogP contribution is -2.12. The molecule has 0 aromatic carbocycles. The van der Waals surface area contributed by atoms with E-state index in [-0.39, 0.29) is 6.04 Å². The maximum Gasteiger partial charge on any atom is 0.434 e. The molecule has 0 spiro atoms. The molecule has 1 saturated heterocycles. The second-order valence-corrected chi connectivity index (χ2v) is 3.77. The molecule has 0 aliphatic carbocycles. The fourth-order valence-corrected chi connectivity index (χ4v) is 2.05. The Labute approximate surface area is 81.9 Å². The first-order chi connectivity index (χ1) is 6.57. The molecule has 0 radical (unpaired) electrons. The quantitative estimate of drug-likeness (QED) is 0.793. The number of hydrogen-bond acceptors (Lipinski definition) is 4. The number of hydrogen-bond donors (Lipinski definition) is 1. The van der Waals surface area contributed by atoms with Crippen molar-refractivity contribution in [2.75, 3.05) is 6.61 Å². The zero-order valence-corrected chi connectivity index (χ0v) is 7.78. The molecule has 0 amide bonds. The fourth-order valence-electron chi connectivity index (χ4n) is 1.15. The first-order valence-electron chi connectivity index (χ1n) is 3.97. The number of alkyl halides is 3. The van der Waals surface area contributed by atoms with Gasteiger partial charge in [-0.15, -0.1) is 11.3 Å². The Bertz CT molecular complexity index is 319. The summed E-state index contributed by atoms with van der Waals surface area (Å²) in [6.07, 6.45) is -3.70. The van der Waals surface area contributed by atoms with Gasteiger partial charge < -0.3 is 4.84 Å². The van der Waals surface area contributed by atoms with Crippen LogP contribution in [0.4, 0.5) is 13.2 Å². The van der Waals surface area contributed by atoms with Gasteiger partial charge in [-0.3, -0.25) is 0 Å². The van der Waals surface area contributed by atoms with Crippen molar-refractivity contribution in [3.8, 4) is 0 Å². The van der Waals surface area contributed by atoms with E-state index in [0.717, 1.165) is 16.7 Å². The van der Waals surface area contributed by atoms with Gasteiger partial charge in [0.25, 0.3) is 0 Å². The highest BCUT2D eigenvalue weighted by molar-refractivity contribution is 7.09. The summed E-state index contributed by atoms with van der Waals surface area (Å²) in [5, 5.41) is 1.45. The molecule has 14 heavy (non-hydrogen) atoms. The normalized spacial score (nSPS) is 22.9. The molecule has 0 unspecified atom stereocenters. The number of thiazole rings is 1. The van der Waals surface area contributed by atoms with Crippen LogP contribution >= 0.6 is 11.3 Å². The summed E-state index contributed by atoms with van der Waals surface area (Å²) in [7, 11) is 0. The molecule has 0 bridgehead atoms. The summed E-state index contributed by atoms with van der Waals surface area (Å²) in [6, 6.07) is -0.198. The van der Waals surface area contributed by atoms with Gasteiger partial charge in [0.05, 0.1) is 12.6 Å². The molecule has 1 atom stereocenters. The predicted molar refractivity (Wildman–Crippen MR) is 43.6 cm³/mol. The van der Waals surface area contributed by atoms with Gasteiger partial charge in [0.2, 0.25) is 0 Å². The number of rotatable bonds is 1. The monoisotopic (exact) mass is 224 g/mol. The van der Waals surface area contributed by atoms with Crippen LogP contribution in [0.5, 0.6) is 0 Å².